The molecule has 1 aliphatic rings. The van der Waals surface area contributed by atoms with Crippen molar-refractivity contribution >= 4 is 5.78 Å². The minimum atomic E-state index is 0.180. The van der Waals surface area contributed by atoms with Crippen LogP contribution in [0.4, 0.5) is 0 Å². The van der Waals surface area contributed by atoms with Crippen molar-refractivity contribution in [2.75, 3.05) is 0 Å². The molecule has 0 spiro atoms. The first-order valence-electron chi connectivity index (χ1n) is 7.27. The molecule has 0 radical (unpaired) electrons. The average molecular weight is 238 g/mol. The smallest absolute Gasteiger partial charge is 0.136 e. The summed E-state index contributed by atoms with van der Waals surface area (Å²) in [4.78, 5) is 12.2. The number of ketones is 1. The third kappa shape index (κ3) is 3.11. The summed E-state index contributed by atoms with van der Waals surface area (Å²) in [6, 6.07) is 0. The van der Waals surface area contributed by atoms with Gasteiger partial charge in [0, 0.05) is 12.3 Å². The van der Waals surface area contributed by atoms with Gasteiger partial charge >= 0.3 is 0 Å². The molecule has 1 nitrogen and oxygen atoms in total. The first-order valence-corrected chi connectivity index (χ1v) is 7.27. The SMILES string of the molecule is CCC(C)(C)[C@H]1CCC(=O)[C@H](C(C)(C)CC)C1. The lowest BCUT2D eigenvalue weighted by molar-refractivity contribution is -0.131. The molecule has 100 valence electrons. The summed E-state index contributed by atoms with van der Waals surface area (Å²) in [5, 5.41) is 0. The van der Waals surface area contributed by atoms with E-state index in [0.29, 0.717) is 11.2 Å². The Balaban J connectivity index is 2.83. The summed E-state index contributed by atoms with van der Waals surface area (Å²) < 4.78 is 0. The molecule has 2 atom stereocenters. The molecule has 1 heteroatoms. The minimum absolute atomic E-state index is 0.180. The lowest BCUT2D eigenvalue weighted by Crippen LogP contribution is -2.39. The fourth-order valence-electron chi connectivity index (χ4n) is 3.02. The molecule has 0 bridgehead atoms. The Kier molecular flexibility index (Phi) is 4.43. The van der Waals surface area contributed by atoms with Gasteiger partial charge in [-0.25, -0.2) is 0 Å². The van der Waals surface area contributed by atoms with E-state index in [1.807, 2.05) is 0 Å². The Bertz CT molecular complexity index is 275. The van der Waals surface area contributed by atoms with E-state index in [2.05, 4.69) is 41.5 Å². The molecule has 1 aliphatic carbocycles. The van der Waals surface area contributed by atoms with Gasteiger partial charge in [-0.05, 0) is 29.6 Å². The molecule has 0 unspecified atom stereocenters. The van der Waals surface area contributed by atoms with Gasteiger partial charge in [-0.1, -0.05) is 54.4 Å². The minimum Gasteiger partial charge on any atom is -0.299 e. The Labute approximate surface area is 107 Å². The highest BCUT2D eigenvalue weighted by Crippen LogP contribution is 2.47. The van der Waals surface area contributed by atoms with Crippen LogP contribution in [0.1, 0.15) is 73.6 Å². The fraction of sp³-hybridized carbons (Fsp3) is 0.938. The molecule has 1 rings (SSSR count). The number of rotatable bonds is 4. The number of hydrogen-bond donors (Lipinski definition) is 0. The molecular weight excluding hydrogens is 208 g/mol. The second-order valence-electron chi connectivity index (χ2n) is 7.17. The van der Waals surface area contributed by atoms with Crippen LogP contribution in [0.5, 0.6) is 0 Å². The zero-order valence-electron chi connectivity index (χ0n) is 12.6. The topological polar surface area (TPSA) is 17.1 Å². The van der Waals surface area contributed by atoms with E-state index in [1.54, 1.807) is 0 Å². The molecule has 0 aromatic carbocycles. The van der Waals surface area contributed by atoms with Crippen molar-refractivity contribution in [1.82, 2.24) is 0 Å². The standard InChI is InChI=1S/C16H30O/c1-7-15(3,4)12-9-10-14(17)13(11-12)16(5,6)8-2/h12-13H,7-11H2,1-6H3/t12-,13+/m0/s1. The molecule has 0 amide bonds. The lowest BCUT2D eigenvalue weighted by Gasteiger charge is -2.43. The zero-order valence-corrected chi connectivity index (χ0v) is 12.6. The van der Waals surface area contributed by atoms with Crippen LogP contribution in [-0.2, 0) is 4.79 Å². The number of carbonyl (C=O) groups is 1. The second-order valence-corrected chi connectivity index (χ2v) is 7.17. The van der Waals surface area contributed by atoms with Gasteiger partial charge < -0.3 is 0 Å². The third-order valence-electron chi connectivity index (χ3n) is 5.52. The molecule has 0 N–H and O–H groups in total. The van der Waals surface area contributed by atoms with Gasteiger partial charge in [0.1, 0.15) is 5.78 Å². The van der Waals surface area contributed by atoms with Crippen molar-refractivity contribution in [2.45, 2.75) is 73.6 Å². The highest BCUT2D eigenvalue weighted by molar-refractivity contribution is 5.82. The molecule has 0 aromatic rings. The van der Waals surface area contributed by atoms with Gasteiger partial charge in [-0.15, -0.1) is 0 Å². The van der Waals surface area contributed by atoms with Gasteiger partial charge in [-0.3, -0.25) is 4.79 Å². The van der Waals surface area contributed by atoms with Crippen molar-refractivity contribution in [1.29, 1.82) is 0 Å². The molecule has 17 heavy (non-hydrogen) atoms. The molecule has 1 fully saturated rings. The average Bonchev–Trinajstić information content (AvgIpc) is 2.29. The van der Waals surface area contributed by atoms with Crippen LogP contribution in [0.3, 0.4) is 0 Å². The zero-order chi connectivity index (χ0) is 13.3. The summed E-state index contributed by atoms with van der Waals surface area (Å²) >= 11 is 0. The first-order chi connectivity index (χ1) is 7.74. The molecular formula is C16H30O. The van der Waals surface area contributed by atoms with E-state index in [9.17, 15) is 4.79 Å². The Morgan fingerprint density at radius 1 is 1.06 bits per heavy atom. The lowest BCUT2D eigenvalue weighted by atomic mass is 9.60. The van der Waals surface area contributed by atoms with Crippen molar-refractivity contribution in [3.05, 3.63) is 0 Å². The van der Waals surface area contributed by atoms with Crippen molar-refractivity contribution < 1.29 is 4.79 Å². The van der Waals surface area contributed by atoms with Crippen LogP contribution in [0.2, 0.25) is 0 Å². The summed E-state index contributed by atoms with van der Waals surface area (Å²) in [6.07, 6.45) is 5.34. The summed E-state index contributed by atoms with van der Waals surface area (Å²) in [5.41, 5.74) is 0.572. The number of Topliss-reactive ketones (excluding diaryl/α,β-unsaturated/α-hetero) is 1. The summed E-state index contributed by atoms with van der Waals surface area (Å²) in [6.45, 7) is 13.7. The fourth-order valence-corrected chi connectivity index (χ4v) is 3.02. The quantitative estimate of drug-likeness (QED) is 0.684. The molecule has 0 aromatic heterocycles. The van der Waals surface area contributed by atoms with Crippen LogP contribution in [0.15, 0.2) is 0 Å². The predicted octanol–water partition coefficient (Wildman–Crippen LogP) is 4.84. The third-order valence-corrected chi connectivity index (χ3v) is 5.52. The maximum atomic E-state index is 12.2. The molecule has 1 saturated carbocycles. The van der Waals surface area contributed by atoms with Crippen molar-refractivity contribution in [2.24, 2.45) is 22.7 Å². The number of carbonyl (C=O) groups excluding carboxylic acids is 1. The predicted molar refractivity (Wildman–Crippen MR) is 74.0 cm³/mol. The molecule has 0 aliphatic heterocycles. The molecule has 0 heterocycles. The Hall–Kier alpha value is -0.330. The highest BCUT2D eigenvalue weighted by Gasteiger charge is 2.42. The van der Waals surface area contributed by atoms with Gasteiger partial charge in [0.25, 0.3) is 0 Å². The van der Waals surface area contributed by atoms with Gasteiger partial charge in [0.15, 0.2) is 0 Å². The van der Waals surface area contributed by atoms with E-state index >= 15 is 0 Å². The van der Waals surface area contributed by atoms with Crippen LogP contribution < -0.4 is 0 Å². The maximum Gasteiger partial charge on any atom is 0.136 e. The van der Waals surface area contributed by atoms with E-state index in [4.69, 9.17) is 0 Å². The van der Waals surface area contributed by atoms with Crippen LogP contribution >= 0.6 is 0 Å². The monoisotopic (exact) mass is 238 g/mol. The van der Waals surface area contributed by atoms with Crippen molar-refractivity contribution in [3.63, 3.8) is 0 Å². The van der Waals surface area contributed by atoms with Crippen LogP contribution in [-0.4, -0.2) is 5.78 Å². The number of hydrogen-bond acceptors (Lipinski definition) is 1. The van der Waals surface area contributed by atoms with Gasteiger partial charge in [0.2, 0.25) is 0 Å². The maximum absolute atomic E-state index is 12.2. The normalized spacial score (nSPS) is 27.3. The second kappa shape index (κ2) is 5.12. The van der Waals surface area contributed by atoms with E-state index < -0.39 is 0 Å². The van der Waals surface area contributed by atoms with Crippen LogP contribution in [0, 0.1) is 22.7 Å². The molecule has 0 saturated heterocycles. The van der Waals surface area contributed by atoms with Gasteiger partial charge in [-0.2, -0.15) is 0 Å². The van der Waals surface area contributed by atoms with Crippen molar-refractivity contribution in [3.8, 4) is 0 Å². The van der Waals surface area contributed by atoms with E-state index in [1.165, 1.54) is 6.42 Å². The van der Waals surface area contributed by atoms with Crippen LogP contribution in [0.25, 0.3) is 0 Å². The summed E-state index contributed by atoms with van der Waals surface area (Å²) in [5.74, 6) is 1.53. The van der Waals surface area contributed by atoms with Gasteiger partial charge in [0.05, 0.1) is 0 Å². The largest absolute Gasteiger partial charge is 0.299 e. The van der Waals surface area contributed by atoms with E-state index in [-0.39, 0.29) is 11.3 Å². The Morgan fingerprint density at radius 3 is 2.06 bits per heavy atom. The Morgan fingerprint density at radius 2 is 1.59 bits per heavy atom. The highest BCUT2D eigenvalue weighted by atomic mass is 16.1. The van der Waals surface area contributed by atoms with E-state index in [0.717, 1.165) is 31.6 Å². The summed E-state index contributed by atoms with van der Waals surface area (Å²) in [7, 11) is 0. The first kappa shape index (κ1) is 14.7.